The van der Waals surface area contributed by atoms with Crippen LogP contribution in [-0.2, 0) is 10.0 Å². The number of halogens is 1. The number of aliphatic hydroxyl groups excluding tert-OH is 1. The lowest BCUT2D eigenvalue weighted by atomic mass is 10.2. The van der Waals surface area contributed by atoms with Crippen molar-refractivity contribution in [2.24, 2.45) is 0 Å². The third-order valence-electron chi connectivity index (χ3n) is 2.79. The summed E-state index contributed by atoms with van der Waals surface area (Å²) < 4.78 is 39.0. The van der Waals surface area contributed by atoms with Gasteiger partial charge in [0.25, 0.3) is 0 Å². The molecule has 0 aliphatic rings. The van der Waals surface area contributed by atoms with Crippen LogP contribution in [0.5, 0.6) is 0 Å². The first-order valence-corrected chi connectivity index (χ1v) is 8.24. The lowest BCUT2D eigenvalue weighted by Gasteiger charge is -2.12. The Bertz CT molecular complexity index is 680. The van der Waals surface area contributed by atoms with E-state index in [0.29, 0.717) is 0 Å². The van der Waals surface area contributed by atoms with Gasteiger partial charge in [-0.1, -0.05) is 0 Å². The zero-order valence-corrected chi connectivity index (χ0v) is 12.3. The highest BCUT2D eigenvalue weighted by Crippen LogP contribution is 2.23. The Balaban J connectivity index is 2.06. The zero-order valence-electron chi connectivity index (χ0n) is 10.7. The minimum Gasteiger partial charge on any atom is -0.386 e. The van der Waals surface area contributed by atoms with Gasteiger partial charge < -0.3 is 5.11 Å². The van der Waals surface area contributed by atoms with Gasteiger partial charge >= 0.3 is 0 Å². The van der Waals surface area contributed by atoms with E-state index in [1.165, 1.54) is 23.5 Å². The number of thiophene rings is 1. The lowest BCUT2D eigenvalue weighted by Crippen LogP contribution is -2.28. The van der Waals surface area contributed by atoms with E-state index < -0.39 is 21.9 Å². The van der Waals surface area contributed by atoms with Crippen LogP contribution in [-0.4, -0.2) is 20.1 Å². The largest absolute Gasteiger partial charge is 0.386 e. The monoisotopic (exact) mass is 315 g/mol. The predicted octanol–water partition coefficient (Wildman–Crippen LogP) is 2.21. The molecule has 1 atom stereocenters. The van der Waals surface area contributed by atoms with Gasteiger partial charge in [0.1, 0.15) is 11.9 Å². The number of hydrogen-bond donors (Lipinski definition) is 2. The summed E-state index contributed by atoms with van der Waals surface area (Å²) in [5.74, 6) is -0.502. The van der Waals surface area contributed by atoms with Crippen molar-refractivity contribution in [2.75, 3.05) is 6.54 Å². The maximum absolute atomic E-state index is 12.8. The van der Waals surface area contributed by atoms with Crippen LogP contribution < -0.4 is 4.72 Å². The normalized spacial score (nSPS) is 13.3. The molecule has 0 saturated carbocycles. The maximum atomic E-state index is 12.8. The topological polar surface area (TPSA) is 66.4 Å². The summed E-state index contributed by atoms with van der Waals surface area (Å²) in [5, 5.41) is 11.8. The first kappa shape index (κ1) is 15.1. The molecule has 1 aromatic heterocycles. The van der Waals surface area contributed by atoms with E-state index in [4.69, 9.17) is 0 Å². The molecule has 4 nitrogen and oxygen atoms in total. The Hall–Kier alpha value is -1.28. The number of aliphatic hydroxyl groups is 1. The van der Waals surface area contributed by atoms with Gasteiger partial charge in [-0.25, -0.2) is 17.5 Å². The number of aryl methyl sites for hydroxylation is 1. The van der Waals surface area contributed by atoms with E-state index in [0.717, 1.165) is 22.6 Å². The number of rotatable bonds is 5. The predicted molar refractivity (Wildman–Crippen MR) is 75.6 cm³/mol. The second-order valence-electron chi connectivity index (χ2n) is 4.29. The molecule has 0 aliphatic carbocycles. The Kier molecular flexibility index (Phi) is 4.54. The lowest BCUT2D eigenvalue weighted by molar-refractivity contribution is 0.185. The number of nitrogens with one attached hydrogen (secondary N) is 1. The SMILES string of the molecule is Cc1ccsc1C(O)CNS(=O)(=O)c1ccc(F)cc1. The Morgan fingerprint density at radius 2 is 1.95 bits per heavy atom. The molecule has 20 heavy (non-hydrogen) atoms. The van der Waals surface area contributed by atoms with Crippen molar-refractivity contribution in [3.63, 3.8) is 0 Å². The standard InChI is InChI=1S/C13H14FNO3S2/c1-9-6-7-19-13(9)12(16)8-15-20(17,18)11-4-2-10(14)3-5-11/h2-7,12,15-16H,8H2,1H3. The molecular weight excluding hydrogens is 301 g/mol. The van der Waals surface area contributed by atoms with Crippen LogP contribution in [0.4, 0.5) is 4.39 Å². The van der Waals surface area contributed by atoms with E-state index in [1.807, 2.05) is 18.4 Å². The van der Waals surface area contributed by atoms with Crippen LogP contribution in [0.3, 0.4) is 0 Å². The zero-order chi connectivity index (χ0) is 14.8. The highest BCUT2D eigenvalue weighted by atomic mass is 32.2. The quantitative estimate of drug-likeness (QED) is 0.889. The molecule has 7 heteroatoms. The smallest absolute Gasteiger partial charge is 0.240 e. The fourth-order valence-electron chi connectivity index (χ4n) is 1.70. The molecule has 1 heterocycles. The maximum Gasteiger partial charge on any atom is 0.240 e. The molecule has 0 spiro atoms. The van der Waals surface area contributed by atoms with E-state index in [9.17, 15) is 17.9 Å². The molecule has 0 aliphatic heterocycles. The van der Waals surface area contributed by atoms with Crippen molar-refractivity contribution in [1.29, 1.82) is 0 Å². The summed E-state index contributed by atoms with van der Waals surface area (Å²) in [4.78, 5) is 0.695. The number of benzene rings is 1. The molecule has 1 aromatic carbocycles. The van der Waals surface area contributed by atoms with Crippen LogP contribution in [0.25, 0.3) is 0 Å². The molecule has 0 bridgehead atoms. The van der Waals surface area contributed by atoms with Crippen LogP contribution in [0.15, 0.2) is 40.6 Å². The molecule has 0 saturated heterocycles. The van der Waals surface area contributed by atoms with Crippen molar-refractivity contribution in [2.45, 2.75) is 17.9 Å². The van der Waals surface area contributed by atoms with Crippen LogP contribution >= 0.6 is 11.3 Å². The fraction of sp³-hybridized carbons (Fsp3) is 0.231. The molecular formula is C13H14FNO3S2. The summed E-state index contributed by atoms with van der Waals surface area (Å²) in [6, 6.07) is 6.38. The second kappa shape index (κ2) is 6.01. The van der Waals surface area contributed by atoms with Crippen LogP contribution in [0.2, 0.25) is 0 Å². The van der Waals surface area contributed by atoms with Crippen LogP contribution in [0.1, 0.15) is 16.5 Å². The van der Waals surface area contributed by atoms with Gasteiger partial charge in [0, 0.05) is 11.4 Å². The summed E-state index contributed by atoms with van der Waals surface area (Å²) in [5.41, 5.74) is 0.920. The molecule has 2 N–H and O–H groups in total. The number of sulfonamides is 1. The molecule has 0 amide bonds. The minimum absolute atomic E-state index is 0.0333. The Labute approximate surface area is 120 Å². The number of hydrogen-bond acceptors (Lipinski definition) is 4. The van der Waals surface area contributed by atoms with Gasteiger partial charge in [-0.3, -0.25) is 0 Å². The molecule has 0 radical (unpaired) electrons. The van der Waals surface area contributed by atoms with Crippen molar-refractivity contribution in [3.8, 4) is 0 Å². The summed E-state index contributed by atoms with van der Waals surface area (Å²) in [6.45, 7) is 1.73. The van der Waals surface area contributed by atoms with Crippen molar-refractivity contribution in [1.82, 2.24) is 4.72 Å². The average molecular weight is 315 g/mol. The fourth-order valence-corrected chi connectivity index (χ4v) is 3.66. The average Bonchev–Trinajstić information content (AvgIpc) is 2.83. The second-order valence-corrected chi connectivity index (χ2v) is 7.00. The molecule has 2 rings (SSSR count). The first-order valence-electron chi connectivity index (χ1n) is 5.87. The minimum atomic E-state index is -3.75. The Morgan fingerprint density at radius 1 is 1.30 bits per heavy atom. The van der Waals surface area contributed by atoms with Gasteiger partial charge in [-0.2, -0.15) is 0 Å². The highest BCUT2D eigenvalue weighted by Gasteiger charge is 2.18. The summed E-state index contributed by atoms with van der Waals surface area (Å²) >= 11 is 1.37. The highest BCUT2D eigenvalue weighted by molar-refractivity contribution is 7.89. The molecule has 108 valence electrons. The van der Waals surface area contributed by atoms with Gasteiger partial charge in [-0.05, 0) is 48.2 Å². The molecule has 1 unspecified atom stereocenters. The molecule has 2 aromatic rings. The van der Waals surface area contributed by atoms with Crippen molar-refractivity contribution >= 4 is 21.4 Å². The van der Waals surface area contributed by atoms with Gasteiger partial charge in [0.2, 0.25) is 10.0 Å². The van der Waals surface area contributed by atoms with Crippen LogP contribution in [0, 0.1) is 12.7 Å². The van der Waals surface area contributed by atoms with Gasteiger partial charge in [-0.15, -0.1) is 11.3 Å². The van der Waals surface area contributed by atoms with Gasteiger partial charge in [0.15, 0.2) is 0 Å². The van der Waals surface area contributed by atoms with E-state index in [1.54, 1.807) is 0 Å². The Morgan fingerprint density at radius 3 is 2.50 bits per heavy atom. The van der Waals surface area contributed by atoms with Crippen molar-refractivity contribution < 1.29 is 17.9 Å². The van der Waals surface area contributed by atoms with E-state index in [-0.39, 0.29) is 11.4 Å². The summed E-state index contributed by atoms with van der Waals surface area (Å²) in [6.07, 6.45) is -0.898. The van der Waals surface area contributed by atoms with Gasteiger partial charge in [0.05, 0.1) is 4.90 Å². The third-order valence-corrected chi connectivity index (χ3v) is 5.35. The summed E-state index contributed by atoms with van der Waals surface area (Å²) in [7, 11) is -3.75. The van der Waals surface area contributed by atoms with E-state index >= 15 is 0 Å². The first-order chi connectivity index (χ1) is 9.40. The van der Waals surface area contributed by atoms with E-state index in [2.05, 4.69) is 4.72 Å². The van der Waals surface area contributed by atoms with Crippen molar-refractivity contribution in [3.05, 3.63) is 52.0 Å². The molecule has 0 fully saturated rings. The third kappa shape index (κ3) is 3.43.